The third kappa shape index (κ3) is 4.15. The van der Waals surface area contributed by atoms with Crippen LogP contribution in [0.4, 0.5) is 0 Å². The van der Waals surface area contributed by atoms with E-state index in [-0.39, 0.29) is 0 Å². The molecule has 1 aromatic carbocycles. The van der Waals surface area contributed by atoms with Crippen molar-refractivity contribution in [2.45, 2.75) is 25.8 Å². The molecule has 5 nitrogen and oxygen atoms in total. The van der Waals surface area contributed by atoms with Crippen molar-refractivity contribution in [2.24, 2.45) is 5.92 Å². The molecule has 22 heavy (non-hydrogen) atoms. The van der Waals surface area contributed by atoms with Crippen molar-refractivity contribution < 1.29 is 9.26 Å². The van der Waals surface area contributed by atoms with Crippen molar-refractivity contribution in [3.8, 4) is 0 Å². The van der Waals surface area contributed by atoms with Crippen LogP contribution in [0.5, 0.6) is 0 Å². The topological polar surface area (TPSA) is 51.4 Å². The number of hydrogen-bond donors (Lipinski definition) is 0. The van der Waals surface area contributed by atoms with Gasteiger partial charge in [-0.1, -0.05) is 35.5 Å². The number of aromatic nitrogens is 2. The summed E-state index contributed by atoms with van der Waals surface area (Å²) < 4.78 is 10.6. The average Bonchev–Trinajstić information content (AvgIpc) is 3.17. The Kier molecular flexibility index (Phi) is 5.19. The van der Waals surface area contributed by atoms with Gasteiger partial charge in [0.1, 0.15) is 0 Å². The number of ether oxygens (including phenoxy) is 1. The molecule has 0 spiro atoms. The van der Waals surface area contributed by atoms with E-state index in [1.807, 2.05) is 6.07 Å². The van der Waals surface area contributed by atoms with Gasteiger partial charge in [0.05, 0.1) is 13.2 Å². The minimum absolute atomic E-state index is 0.630. The maximum atomic E-state index is 5.38. The van der Waals surface area contributed by atoms with Crippen molar-refractivity contribution in [3.05, 3.63) is 47.6 Å². The van der Waals surface area contributed by atoms with Crippen molar-refractivity contribution in [3.63, 3.8) is 0 Å². The van der Waals surface area contributed by atoms with Crippen molar-refractivity contribution >= 4 is 0 Å². The summed E-state index contributed by atoms with van der Waals surface area (Å²) in [5.74, 6) is 2.15. The van der Waals surface area contributed by atoms with Crippen LogP contribution in [0.1, 0.15) is 23.7 Å². The summed E-state index contributed by atoms with van der Waals surface area (Å²) in [6.07, 6.45) is 2.95. The fourth-order valence-electron chi connectivity index (χ4n) is 2.98. The summed E-state index contributed by atoms with van der Waals surface area (Å²) in [5, 5.41) is 4.09. The lowest BCUT2D eigenvalue weighted by atomic mass is 10.1. The van der Waals surface area contributed by atoms with Crippen molar-refractivity contribution in [1.29, 1.82) is 0 Å². The Morgan fingerprint density at radius 2 is 2.14 bits per heavy atom. The highest BCUT2D eigenvalue weighted by Crippen LogP contribution is 2.18. The zero-order valence-corrected chi connectivity index (χ0v) is 13.1. The Morgan fingerprint density at radius 1 is 1.27 bits per heavy atom. The number of aryl methyl sites for hydroxylation is 2. The SMILES string of the molecule is COC[C@H]1CCN(Cc2nc(CCc3ccccc3)no2)C1. The van der Waals surface area contributed by atoms with Crippen LogP contribution in [-0.2, 0) is 24.1 Å². The highest BCUT2D eigenvalue weighted by atomic mass is 16.5. The Hall–Kier alpha value is -1.72. The summed E-state index contributed by atoms with van der Waals surface area (Å²) in [6.45, 7) is 3.71. The molecule has 0 N–H and O–H groups in total. The predicted octanol–water partition coefficient (Wildman–Crippen LogP) is 2.32. The van der Waals surface area contributed by atoms with Crippen LogP contribution in [-0.4, -0.2) is 41.8 Å². The van der Waals surface area contributed by atoms with Crippen LogP contribution in [0.15, 0.2) is 34.9 Å². The van der Waals surface area contributed by atoms with E-state index in [1.165, 1.54) is 12.0 Å². The minimum Gasteiger partial charge on any atom is -0.384 e. The maximum Gasteiger partial charge on any atom is 0.240 e. The smallest absolute Gasteiger partial charge is 0.240 e. The first-order chi connectivity index (χ1) is 10.8. The molecule has 1 aromatic heterocycles. The van der Waals surface area contributed by atoms with Crippen LogP contribution in [0, 0.1) is 5.92 Å². The molecule has 1 fully saturated rings. The van der Waals surface area contributed by atoms with Gasteiger partial charge in [-0.25, -0.2) is 0 Å². The van der Waals surface area contributed by atoms with Gasteiger partial charge in [-0.05, 0) is 30.9 Å². The Bertz CT molecular complexity index is 570. The second-order valence-corrected chi connectivity index (χ2v) is 5.94. The molecular formula is C17H23N3O2. The zero-order chi connectivity index (χ0) is 15.2. The Morgan fingerprint density at radius 3 is 2.95 bits per heavy atom. The summed E-state index contributed by atoms with van der Waals surface area (Å²) in [6, 6.07) is 10.4. The van der Waals surface area contributed by atoms with E-state index in [1.54, 1.807) is 7.11 Å². The fourth-order valence-corrected chi connectivity index (χ4v) is 2.98. The number of benzene rings is 1. The van der Waals surface area contributed by atoms with E-state index in [0.29, 0.717) is 5.92 Å². The van der Waals surface area contributed by atoms with Crippen molar-refractivity contribution in [1.82, 2.24) is 15.0 Å². The normalized spacial score (nSPS) is 18.9. The predicted molar refractivity (Wildman–Crippen MR) is 83.4 cm³/mol. The van der Waals surface area contributed by atoms with Crippen LogP contribution < -0.4 is 0 Å². The molecule has 3 rings (SSSR count). The van der Waals surface area contributed by atoms with Gasteiger partial charge in [0.25, 0.3) is 0 Å². The van der Waals surface area contributed by atoms with Gasteiger partial charge >= 0.3 is 0 Å². The molecule has 1 atom stereocenters. The quantitative estimate of drug-likeness (QED) is 0.785. The standard InChI is InChI=1S/C17H23N3O2/c1-21-13-15-9-10-20(11-15)12-17-18-16(19-22-17)8-7-14-5-3-2-4-6-14/h2-6,15H,7-13H2,1H3/t15-/m0/s1. The van der Waals surface area contributed by atoms with E-state index in [9.17, 15) is 0 Å². The minimum atomic E-state index is 0.630. The monoisotopic (exact) mass is 301 g/mol. The Balaban J connectivity index is 1.47. The molecule has 2 aromatic rings. The molecule has 1 aliphatic heterocycles. The molecule has 1 aliphatic rings. The summed E-state index contributed by atoms with van der Waals surface area (Å²) >= 11 is 0. The number of hydrogen-bond acceptors (Lipinski definition) is 5. The van der Waals surface area contributed by atoms with Crippen LogP contribution in [0.2, 0.25) is 0 Å². The van der Waals surface area contributed by atoms with Gasteiger partial charge < -0.3 is 9.26 Å². The molecule has 2 heterocycles. The lowest BCUT2D eigenvalue weighted by molar-refractivity contribution is 0.151. The van der Waals surface area contributed by atoms with Gasteiger partial charge in [0.15, 0.2) is 5.82 Å². The molecule has 118 valence electrons. The summed E-state index contributed by atoms with van der Waals surface area (Å²) in [5.41, 5.74) is 1.30. The van der Waals surface area contributed by atoms with E-state index in [0.717, 1.165) is 50.8 Å². The van der Waals surface area contributed by atoms with Crippen LogP contribution >= 0.6 is 0 Å². The van der Waals surface area contributed by atoms with Crippen LogP contribution in [0.25, 0.3) is 0 Å². The number of nitrogens with zero attached hydrogens (tertiary/aromatic N) is 3. The fraction of sp³-hybridized carbons (Fsp3) is 0.529. The highest BCUT2D eigenvalue weighted by Gasteiger charge is 2.23. The molecule has 0 aliphatic carbocycles. The number of rotatable bonds is 7. The van der Waals surface area contributed by atoms with Gasteiger partial charge in [-0.15, -0.1) is 0 Å². The molecular weight excluding hydrogens is 278 g/mol. The second-order valence-electron chi connectivity index (χ2n) is 5.94. The third-order valence-electron chi connectivity index (χ3n) is 4.12. The number of methoxy groups -OCH3 is 1. The lowest BCUT2D eigenvalue weighted by Gasteiger charge is -2.12. The van der Waals surface area contributed by atoms with Gasteiger partial charge in [-0.3, -0.25) is 4.90 Å². The van der Waals surface area contributed by atoms with Gasteiger partial charge in [0.2, 0.25) is 5.89 Å². The molecule has 1 saturated heterocycles. The largest absolute Gasteiger partial charge is 0.384 e. The van der Waals surface area contributed by atoms with Gasteiger partial charge in [0, 0.05) is 20.1 Å². The third-order valence-corrected chi connectivity index (χ3v) is 4.12. The first-order valence-electron chi connectivity index (χ1n) is 7.90. The second kappa shape index (κ2) is 7.51. The maximum absolute atomic E-state index is 5.38. The van der Waals surface area contributed by atoms with Crippen molar-refractivity contribution in [2.75, 3.05) is 26.8 Å². The molecule has 0 radical (unpaired) electrons. The number of likely N-dealkylation sites (tertiary alicyclic amines) is 1. The summed E-state index contributed by atoms with van der Waals surface area (Å²) in [7, 11) is 1.76. The average molecular weight is 301 g/mol. The zero-order valence-electron chi connectivity index (χ0n) is 13.1. The van der Waals surface area contributed by atoms with E-state index in [4.69, 9.17) is 9.26 Å². The molecule has 0 amide bonds. The van der Waals surface area contributed by atoms with Crippen LogP contribution in [0.3, 0.4) is 0 Å². The summed E-state index contributed by atoms with van der Waals surface area (Å²) in [4.78, 5) is 6.87. The Labute approximate surface area is 131 Å². The lowest BCUT2D eigenvalue weighted by Crippen LogP contribution is -2.21. The molecule has 5 heteroatoms. The molecule has 0 saturated carbocycles. The van der Waals surface area contributed by atoms with E-state index in [2.05, 4.69) is 39.3 Å². The first kappa shape index (κ1) is 15.2. The highest BCUT2D eigenvalue weighted by molar-refractivity contribution is 5.15. The van der Waals surface area contributed by atoms with Gasteiger partial charge in [-0.2, -0.15) is 4.98 Å². The first-order valence-corrected chi connectivity index (χ1v) is 7.90. The van der Waals surface area contributed by atoms with E-state index >= 15 is 0 Å². The molecule has 0 bridgehead atoms. The van der Waals surface area contributed by atoms with E-state index < -0.39 is 0 Å². The molecule has 0 unspecified atom stereocenters.